The van der Waals surface area contributed by atoms with Gasteiger partial charge in [0.2, 0.25) is 0 Å². The van der Waals surface area contributed by atoms with E-state index in [0.29, 0.717) is 0 Å². The fraction of sp³-hybridized carbons (Fsp3) is 0.500. The molecule has 1 aromatic heterocycles. The van der Waals surface area contributed by atoms with Crippen LogP contribution in [0, 0.1) is 0 Å². The molecule has 0 saturated heterocycles. The molecule has 0 aliphatic carbocycles. The molecular weight excluding hydrogens is 318 g/mol. The first-order valence-electron chi connectivity index (χ1n) is 5.96. The van der Waals surface area contributed by atoms with Crippen LogP contribution in [-0.2, 0) is 14.9 Å². The molecule has 0 aliphatic rings. The van der Waals surface area contributed by atoms with Crippen molar-refractivity contribution < 1.29 is 21.9 Å². The van der Waals surface area contributed by atoms with Crippen molar-refractivity contribution in [3.63, 3.8) is 0 Å². The molecule has 0 bridgehead atoms. The molecule has 1 heterocycles. The Morgan fingerprint density at radius 3 is 2.10 bits per heavy atom. The number of halogens is 1. The van der Waals surface area contributed by atoms with E-state index in [0.717, 1.165) is 9.66 Å². The zero-order chi connectivity index (χ0) is 15.6. The van der Waals surface area contributed by atoms with Crippen LogP contribution in [-0.4, -0.2) is 34.2 Å². The molecule has 1 amide bonds. The summed E-state index contributed by atoms with van der Waals surface area (Å²) in [7, 11) is -0.320. The van der Waals surface area contributed by atoms with Crippen LogP contribution in [0.5, 0.6) is 0 Å². The van der Waals surface area contributed by atoms with E-state index in [1.807, 2.05) is 23.7 Å². The van der Waals surface area contributed by atoms with E-state index in [4.69, 9.17) is 4.74 Å². The third-order valence-electron chi connectivity index (χ3n) is 2.19. The molecule has 21 heavy (non-hydrogen) atoms. The van der Waals surface area contributed by atoms with Gasteiger partial charge in [-0.2, -0.15) is 4.72 Å². The van der Waals surface area contributed by atoms with E-state index in [1.54, 1.807) is 32.9 Å². The van der Waals surface area contributed by atoms with Crippen molar-refractivity contribution in [1.29, 1.82) is 0 Å². The Morgan fingerprint density at radius 1 is 1.24 bits per heavy atom. The van der Waals surface area contributed by atoms with Gasteiger partial charge in [0.05, 0.1) is 0 Å². The Labute approximate surface area is 131 Å². The second-order valence-electron chi connectivity index (χ2n) is 5.39. The van der Waals surface area contributed by atoms with Crippen LogP contribution >= 0.6 is 12.4 Å². The number of rotatable bonds is 3. The summed E-state index contributed by atoms with van der Waals surface area (Å²) in [6.07, 6.45) is 1.69. The smallest absolute Gasteiger partial charge is 0.443 e. The van der Waals surface area contributed by atoms with Crippen molar-refractivity contribution in [1.82, 2.24) is 4.72 Å². The highest BCUT2D eigenvalue weighted by Crippen LogP contribution is 2.08. The molecule has 1 aromatic rings. The van der Waals surface area contributed by atoms with Crippen molar-refractivity contribution in [3.05, 3.63) is 24.5 Å². The number of amides is 1. The van der Waals surface area contributed by atoms with Gasteiger partial charge in [0, 0.05) is 31.9 Å². The molecule has 0 spiro atoms. The van der Waals surface area contributed by atoms with Gasteiger partial charge in [-0.15, -0.1) is 20.8 Å². The van der Waals surface area contributed by atoms with Crippen molar-refractivity contribution in [2.45, 2.75) is 26.4 Å². The molecule has 1 rings (SSSR count). The normalized spacial score (nSPS) is 11.3. The van der Waals surface area contributed by atoms with Gasteiger partial charge in [-0.05, 0) is 20.8 Å². The molecule has 120 valence electrons. The van der Waals surface area contributed by atoms with Crippen LogP contribution in [0.15, 0.2) is 24.5 Å². The largest absolute Gasteiger partial charge is 0.474 e. The SMILES string of the molecule is CN(C)c1cc[n+](S(=O)(=O)NC(=O)OC(C)(C)C)cc1.Cl. The fourth-order valence-corrected chi connectivity index (χ4v) is 2.12. The number of carbonyl (C=O) groups is 1. The number of hydrogen-bond acceptors (Lipinski definition) is 5. The minimum Gasteiger partial charge on any atom is -0.443 e. The zero-order valence-electron chi connectivity index (χ0n) is 12.7. The van der Waals surface area contributed by atoms with Crippen LogP contribution in [0.3, 0.4) is 0 Å². The Hall–Kier alpha value is -1.54. The molecule has 9 heteroatoms. The molecule has 0 saturated carbocycles. The van der Waals surface area contributed by atoms with Crippen molar-refractivity contribution in [2.24, 2.45) is 0 Å². The summed E-state index contributed by atoms with van der Waals surface area (Å²) in [4.78, 5) is 13.3. The lowest BCUT2D eigenvalue weighted by Crippen LogP contribution is -2.52. The number of carbonyl (C=O) groups excluding carboxylic acids is 1. The summed E-state index contributed by atoms with van der Waals surface area (Å²) in [6.45, 7) is 4.95. The average molecular weight is 339 g/mol. The molecule has 0 fully saturated rings. The van der Waals surface area contributed by atoms with E-state index < -0.39 is 21.9 Å². The Morgan fingerprint density at radius 2 is 1.71 bits per heavy atom. The highest BCUT2D eigenvalue weighted by Gasteiger charge is 2.27. The van der Waals surface area contributed by atoms with Gasteiger partial charge in [0.15, 0.2) is 12.4 Å². The molecular formula is C12H21ClN3O4S+. The summed E-state index contributed by atoms with van der Waals surface area (Å²) in [6, 6.07) is 3.24. The lowest BCUT2D eigenvalue weighted by molar-refractivity contribution is -0.512. The van der Waals surface area contributed by atoms with Gasteiger partial charge < -0.3 is 9.64 Å². The Balaban J connectivity index is 0.00000400. The highest BCUT2D eigenvalue weighted by molar-refractivity contribution is 7.83. The maximum Gasteiger partial charge on any atom is 0.474 e. The lowest BCUT2D eigenvalue weighted by Gasteiger charge is -2.18. The maximum absolute atomic E-state index is 11.9. The van der Waals surface area contributed by atoms with Gasteiger partial charge in [0.1, 0.15) is 5.60 Å². The Bertz CT molecular complexity index is 580. The second kappa shape index (κ2) is 6.95. The zero-order valence-corrected chi connectivity index (χ0v) is 14.3. The van der Waals surface area contributed by atoms with E-state index in [-0.39, 0.29) is 12.4 Å². The first-order chi connectivity index (χ1) is 9.01. The average Bonchev–Trinajstić information content (AvgIpc) is 2.25. The van der Waals surface area contributed by atoms with E-state index in [9.17, 15) is 13.2 Å². The Kier molecular flexibility index (Phi) is 6.44. The number of pyridine rings is 1. The summed E-state index contributed by atoms with van der Waals surface area (Å²) < 4.78 is 31.5. The highest BCUT2D eigenvalue weighted by atomic mass is 35.5. The number of aromatic nitrogens is 1. The minimum atomic E-state index is -4.00. The van der Waals surface area contributed by atoms with Gasteiger partial charge in [-0.25, -0.2) is 4.79 Å². The standard InChI is InChI=1S/C12H19N3O4S.ClH/c1-12(2,3)19-11(16)13-20(17,18)15-8-6-10(7-9-15)14(4)5;/h6-9H,1-5H3;1H/p+1. The van der Waals surface area contributed by atoms with Crippen molar-refractivity contribution in [2.75, 3.05) is 19.0 Å². The van der Waals surface area contributed by atoms with E-state index in [2.05, 4.69) is 0 Å². The lowest BCUT2D eigenvalue weighted by atomic mass is 10.2. The number of anilines is 1. The van der Waals surface area contributed by atoms with Gasteiger partial charge in [-0.1, -0.05) is 3.97 Å². The van der Waals surface area contributed by atoms with Crippen LogP contribution in [0.1, 0.15) is 20.8 Å². The van der Waals surface area contributed by atoms with E-state index in [1.165, 1.54) is 12.4 Å². The molecule has 1 N–H and O–H groups in total. The number of hydrogen-bond donors (Lipinski definition) is 1. The van der Waals surface area contributed by atoms with Gasteiger partial charge in [-0.3, -0.25) is 0 Å². The summed E-state index contributed by atoms with van der Waals surface area (Å²) >= 11 is 0. The topological polar surface area (TPSA) is 79.6 Å². The number of nitrogens with zero attached hydrogens (tertiary/aromatic N) is 2. The van der Waals surface area contributed by atoms with Gasteiger partial charge >= 0.3 is 16.3 Å². The number of ether oxygens (including phenoxy) is 1. The molecule has 0 unspecified atom stereocenters. The van der Waals surface area contributed by atoms with Crippen LogP contribution in [0.4, 0.5) is 10.5 Å². The molecule has 0 aromatic carbocycles. The van der Waals surface area contributed by atoms with Crippen LogP contribution < -0.4 is 13.6 Å². The maximum atomic E-state index is 11.9. The third kappa shape index (κ3) is 6.17. The first kappa shape index (κ1) is 19.5. The molecule has 0 aliphatic heterocycles. The van der Waals surface area contributed by atoms with Crippen LogP contribution in [0.2, 0.25) is 0 Å². The molecule has 0 atom stereocenters. The second-order valence-corrected chi connectivity index (χ2v) is 6.97. The third-order valence-corrected chi connectivity index (χ3v) is 3.41. The summed E-state index contributed by atoms with van der Waals surface area (Å²) in [5.41, 5.74) is 0.0766. The van der Waals surface area contributed by atoms with Gasteiger partial charge in [0.25, 0.3) is 0 Å². The van der Waals surface area contributed by atoms with Crippen LogP contribution in [0.25, 0.3) is 0 Å². The quantitative estimate of drug-likeness (QED) is 0.834. The summed E-state index contributed by atoms with van der Waals surface area (Å²) in [5, 5.41) is 0. The monoisotopic (exact) mass is 338 g/mol. The summed E-state index contributed by atoms with van der Waals surface area (Å²) in [5.74, 6) is 0. The predicted molar refractivity (Wildman–Crippen MR) is 81.9 cm³/mol. The fourth-order valence-electron chi connectivity index (χ4n) is 1.32. The predicted octanol–water partition coefficient (Wildman–Crippen LogP) is 1.08. The minimum absolute atomic E-state index is 0. The molecule has 0 radical (unpaired) electrons. The first-order valence-corrected chi connectivity index (χ1v) is 7.40. The van der Waals surface area contributed by atoms with Crippen molar-refractivity contribution in [3.8, 4) is 0 Å². The number of nitrogens with one attached hydrogen (secondary N) is 1. The van der Waals surface area contributed by atoms with Crippen molar-refractivity contribution >= 4 is 34.4 Å². The van der Waals surface area contributed by atoms with E-state index >= 15 is 0 Å². The molecule has 7 nitrogen and oxygen atoms in total.